The molecule has 0 fully saturated rings. The van der Waals surface area contributed by atoms with Crippen molar-refractivity contribution in [2.24, 2.45) is 0 Å². The van der Waals surface area contributed by atoms with Gasteiger partial charge in [0.25, 0.3) is 0 Å². The molecule has 0 amide bonds. The fourth-order valence-electron chi connectivity index (χ4n) is 5.27. The summed E-state index contributed by atoms with van der Waals surface area (Å²) < 4.78 is 20.5. The highest BCUT2D eigenvalue weighted by Crippen LogP contribution is 2.41. The molecule has 0 aromatic heterocycles. The molecule has 4 aromatic rings. The monoisotopic (exact) mass is 483 g/mol. The summed E-state index contributed by atoms with van der Waals surface area (Å²) in [4.78, 5) is 11.3. The van der Waals surface area contributed by atoms with Crippen LogP contribution in [0.2, 0.25) is 0 Å². The number of hydrogen-bond acceptors (Lipinski definition) is 3. The number of hydrogen-bond donors (Lipinski definition) is 2. The first-order valence-electron chi connectivity index (χ1n) is 12.5. The number of rotatable bonds is 8. The number of fused-ring (bicyclic) bond motifs is 2. The quantitative estimate of drug-likeness (QED) is 0.263. The molecule has 0 spiro atoms. The molecule has 4 nitrogen and oxygen atoms in total. The fraction of sp³-hybridized carbons (Fsp3) is 0.258. The lowest BCUT2D eigenvalue weighted by molar-refractivity contribution is 0.0696. The first-order valence-corrected chi connectivity index (χ1v) is 12.5. The molecule has 5 rings (SSSR count). The van der Waals surface area contributed by atoms with Crippen molar-refractivity contribution >= 4 is 16.7 Å². The molecule has 1 aliphatic heterocycles. The van der Waals surface area contributed by atoms with Crippen molar-refractivity contribution in [3.63, 3.8) is 0 Å². The van der Waals surface area contributed by atoms with E-state index in [0.29, 0.717) is 10.9 Å². The molecule has 1 aliphatic rings. The molecule has 0 saturated heterocycles. The molecule has 0 unspecified atom stereocenters. The van der Waals surface area contributed by atoms with Gasteiger partial charge < -0.3 is 15.2 Å². The number of benzene rings is 4. The van der Waals surface area contributed by atoms with Gasteiger partial charge in [0.2, 0.25) is 0 Å². The summed E-state index contributed by atoms with van der Waals surface area (Å²) in [7, 11) is 0. The summed E-state index contributed by atoms with van der Waals surface area (Å²) in [6.45, 7) is 2.94. The third kappa shape index (κ3) is 4.98. The number of nitrogens with one attached hydrogen (secondary N) is 1. The second-order valence-corrected chi connectivity index (χ2v) is 9.49. The third-order valence-corrected chi connectivity index (χ3v) is 7.17. The van der Waals surface area contributed by atoms with E-state index in [4.69, 9.17) is 4.74 Å². The van der Waals surface area contributed by atoms with Gasteiger partial charge in [-0.15, -0.1) is 0 Å². The van der Waals surface area contributed by atoms with E-state index in [-0.39, 0.29) is 23.9 Å². The van der Waals surface area contributed by atoms with Crippen LogP contribution >= 0.6 is 0 Å². The average Bonchev–Trinajstić information content (AvgIpc) is 2.91. The highest BCUT2D eigenvalue weighted by atomic mass is 19.1. The minimum Gasteiger partial charge on any atom is -0.490 e. The van der Waals surface area contributed by atoms with Crippen LogP contribution in [-0.2, 0) is 0 Å². The summed E-state index contributed by atoms with van der Waals surface area (Å²) in [5.74, 6) is -0.0361. The Morgan fingerprint density at radius 3 is 2.50 bits per heavy atom. The normalized spacial score (nSPS) is 17.8. The van der Waals surface area contributed by atoms with E-state index in [1.54, 1.807) is 18.2 Å². The van der Waals surface area contributed by atoms with Crippen molar-refractivity contribution in [1.82, 2.24) is 5.32 Å². The van der Waals surface area contributed by atoms with Gasteiger partial charge >= 0.3 is 5.97 Å². The standard InChI is InChI=1S/C31H30FNO3/c1-20(24-16-17-29(32)26-9-3-2-8-25(24)26)33-18-6-7-23-19-28(27-10-4-5-11-30(27)36-23)21-12-14-22(15-13-21)31(34)35/h2-5,8-17,20,23,28,33H,6-7,18-19H2,1H3,(H,34,35)/t20-,23+,28+/m1/s1. The second kappa shape index (κ2) is 10.5. The van der Waals surface area contributed by atoms with Crippen LogP contribution < -0.4 is 10.1 Å². The number of halogens is 1. The third-order valence-electron chi connectivity index (χ3n) is 7.17. The molecular formula is C31H30FNO3. The number of carbonyl (C=O) groups is 1. The van der Waals surface area contributed by atoms with Gasteiger partial charge in [0.05, 0.1) is 11.7 Å². The highest BCUT2D eigenvalue weighted by Gasteiger charge is 2.29. The smallest absolute Gasteiger partial charge is 0.335 e. The second-order valence-electron chi connectivity index (χ2n) is 9.49. The number of ether oxygens (including phenoxy) is 1. The van der Waals surface area contributed by atoms with Gasteiger partial charge in [-0.25, -0.2) is 9.18 Å². The van der Waals surface area contributed by atoms with Gasteiger partial charge in [-0.3, -0.25) is 0 Å². The molecule has 36 heavy (non-hydrogen) atoms. The lowest BCUT2D eigenvalue weighted by Gasteiger charge is -2.33. The van der Waals surface area contributed by atoms with Crippen molar-refractivity contribution in [1.29, 1.82) is 0 Å². The Labute approximate surface area is 210 Å². The molecule has 0 bridgehead atoms. The minimum atomic E-state index is -0.915. The summed E-state index contributed by atoms with van der Waals surface area (Å²) >= 11 is 0. The molecular weight excluding hydrogens is 453 g/mol. The van der Waals surface area contributed by atoms with Crippen molar-refractivity contribution < 1.29 is 19.0 Å². The lowest BCUT2D eigenvalue weighted by Crippen LogP contribution is -2.28. The fourth-order valence-corrected chi connectivity index (χ4v) is 5.27. The maximum atomic E-state index is 14.2. The van der Waals surface area contributed by atoms with Gasteiger partial charge in [0, 0.05) is 22.9 Å². The van der Waals surface area contributed by atoms with Crippen LogP contribution in [0.5, 0.6) is 5.75 Å². The van der Waals surface area contributed by atoms with Gasteiger partial charge in [0.1, 0.15) is 11.6 Å². The molecule has 2 N–H and O–H groups in total. The predicted molar refractivity (Wildman–Crippen MR) is 140 cm³/mol. The number of carboxylic acids is 1. The molecule has 184 valence electrons. The summed E-state index contributed by atoms with van der Waals surface area (Å²) in [6.07, 6.45) is 2.78. The van der Waals surface area contributed by atoms with Crippen molar-refractivity contribution in [3.8, 4) is 5.75 Å². The van der Waals surface area contributed by atoms with Crippen LogP contribution in [0, 0.1) is 5.82 Å². The van der Waals surface area contributed by atoms with Crippen LogP contribution in [-0.4, -0.2) is 23.7 Å². The largest absolute Gasteiger partial charge is 0.490 e. The molecule has 1 heterocycles. The topological polar surface area (TPSA) is 58.6 Å². The molecule has 0 aliphatic carbocycles. The Morgan fingerprint density at radius 2 is 1.72 bits per heavy atom. The van der Waals surface area contributed by atoms with E-state index in [9.17, 15) is 14.3 Å². The van der Waals surface area contributed by atoms with Gasteiger partial charge in [-0.05, 0) is 73.5 Å². The average molecular weight is 484 g/mol. The Kier molecular flexibility index (Phi) is 7.01. The van der Waals surface area contributed by atoms with Gasteiger partial charge in [-0.1, -0.05) is 60.7 Å². The van der Waals surface area contributed by atoms with Crippen LogP contribution in [0.4, 0.5) is 4.39 Å². The molecule has 4 aromatic carbocycles. The maximum Gasteiger partial charge on any atom is 0.335 e. The van der Waals surface area contributed by atoms with Crippen LogP contribution in [0.15, 0.2) is 84.9 Å². The number of aromatic carboxylic acids is 1. The van der Waals surface area contributed by atoms with E-state index >= 15 is 0 Å². The number of carboxylic acid groups (broad SMARTS) is 1. The summed E-state index contributed by atoms with van der Waals surface area (Å²) in [5, 5.41) is 14.4. The van der Waals surface area contributed by atoms with Crippen LogP contribution in [0.1, 0.15) is 65.2 Å². The minimum absolute atomic E-state index is 0.0767. The first kappa shape index (κ1) is 24.0. The Balaban J connectivity index is 1.23. The molecule has 0 saturated carbocycles. The zero-order valence-corrected chi connectivity index (χ0v) is 20.3. The first-order chi connectivity index (χ1) is 17.5. The molecule has 0 radical (unpaired) electrons. The maximum absolute atomic E-state index is 14.2. The summed E-state index contributed by atoms with van der Waals surface area (Å²) in [6, 6.07) is 26.4. The van der Waals surface area contributed by atoms with Crippen molar-refractivity contribution in [3.05, 3.63) is 113 Å². The lowest BCUT2D eigenvalue weighted by atomic mass is 9.83. The zero-order valence-electron chi connectivity index (χ0n) is 20.3. The van der Waals surface area contributed by atoms with Crippen LogP contribution in [0.3, 0.4) is 0 Å². The van der Waals surface area contributed by atoms with Crippen molar-refractivity contribution in [2.45, 2.75) is 44.2 Å². The predicted octanol–water partition coefficient (Wildman–Crippen LogP) is 7.09. The number of para-hydroxylation sites is 1. The molecule has 5 heteroatoms. The Morgan fingerprint density at radius 1 is 1.00 bits per heavy atom. The van der Waals surface area contributed by atoms with E-state index < -0.39 is 5.97 Å². The van der Waals surface area contributed by atoms with Crippen LogP contribution in [0.25, 0.3) is 10.8 Å². The molecule has 3 atom stereocenters. The van der Waals surface area contributed by atoms with E-state index in [0.717, 1.165) is 53.6 Å². The van der Waals surface area contributed by atoms with E-state index in [1.165, 1.54) is 0 Å². The Hall–Kier alpha value is -3.70. The van der Waals surface area contributed by atoms with Crippen molar-refractivity contribution in [2.75, 3.05) is 6.54 Å². The Bertz CT molecular complexity index is 1370. The highest BCUT2D eigenvalue weighted by molar-refractivity contribution is 5.87. The summed E-state index contributed by atoms with van der Waals surface area (Å²) in [5.41, 5.74) is 3.65. The van der Waals surface area contributed by atoms with Gasteiger partial charge in [-0.2, -0.15) is 0 Å². The van der Waals surface area contributed by atoms with E-state index in [2.05, 4.69) is 18.3 Å². The zero-order chi connectivity index (χ0) is 25.1. The van der Waals surface area contributed by atoms with Gasteiger partial charge in [0.15, 0.2) is 0 Å². The van der Waals surface area contributed by atoms with E-state index in [1.807, 2.05) is 60.7 Å². The SMILES string of the molecule is C[C@@H](NCCC[C@H]1C[C@@H](c2ccc(C(=O)O)cc2)c2ccccc2O1)c1ccc(F)c2ccccc12.